The number of nitrogens with zero attached hydrogens (tertiary/aromatic N) is 2. The van der Waals surface area contributed by atoms with Crippen molar-refractivity contribution in [2.45, 2.75) is 75.9 Å². The summed E-state index contributed by atoms with van der Waals surface area (Å²) in [5.41, 5.74) is 10.1. The Morgan fingerprint density at radius 2 is 2.13 bits per heavy atom. The first-order chi connectivity index (χ1) is 18.3. The van der Waals surface area contributed by atoms with Crippen molar-refractivity contribution in [3.8, 4) is 11.1 Å². The number of carbonyl (C=O) groups is 1. The summed E-state index contributed by atoms with van der Waals surface area (Å²) in [7, 11) is 1.49. The van der Waals surface area contributed by atoms with Crippen LogP contribution in [0.1, 0.15) is 56.1 Å². The van der Waals surface area contributed by atoms with Crippen LogP contribution < -0.4 is 5.73 Å². The SMILES string of the molecule is CCc1cccc(-c2c(C(CCCC(O)OC)[C@@H]3CN(C(=O)[C@H]4C[C@@H](N)[C@H](O)C4)CCO3)ccnc2Cl)c1. The van der Waals surface area contributed by atoms with Gasteiger partial charge in [0.1, 0.15) is 5.15 Å². The molecule has 8 nitrogen and oxygen atoms in total. The maximum absolute atomic E-state index is 13.4. The quantitative estimate of drug-likeness (QED) is 0.309. The number of ether oxygens (including phenoxy) is 2. The van der Waals surface area contributed by atoms with Gasteiger partial charge in [-0.15, -0.1) is 0 Å². The molecule has 9 heteroatoms. The van der Waals surface area contributed by atoms with Crippen LogP contribution in [0.4, 0.5) is 0 Å². The van der Waals surface area contributed by atoms with E-state index in [0.717, 1.165) is 23.1 Å². The lowest BCUT2D eigenvalue weighted by atomic mass is 9.83. The van der Waals surface area contributed by atoms with Crippen LogP contribution in [-0.2, 0) is 20.7 Å². The van der Waals surface area contributed by atoms with Crippen LogP contribution in [0.2, 0.25) is 5.15 Å². The standard InChI is InChI=1S/C29H40ClN3O5/c1-3-18-6-4-7-19(14-18)27-22(10-11-32-28(27)30)21(8-5-9-26(35)37-2)25-17-33(12-13-38-25)29(36)20-15-23(31)24(34)16-20/h4,6-7,10-11,14,20-21,23-26,34-35H,3,5,8-9,12-13,15-17,31H2,1-2H3/t20-,21?,23+,24+,25-,26?/m0/s1. The number of aliphatic hydroxyl groups is 2. The maximum Gasteiger partial charge on any atom is 0.226 e. The van der Waals surface area contributed by atoms with Gasteiger partial charge in [-0.3, -0.25) is 4.79 Å². The molecule has 4 rings (SSSR count). The lowest BCUT2D eigenvalue weighted by Crippen LogP contribution is -2.49. The van der Waals surface area contributed by atoms with Crippen molar-refractivity contribution in [1.29, 1.82) is 0 Å². The number of nitrogens with two attached hydrogens (primary N) is 1. The Balaban J connectivity index is 1.64. The fourth-order valence-corrected chi connectivity index (χ4v) is 6.06. The predicted molar refractivity (Wildman–Crippen MR) is 147 cm³/mol. The van der Waals surface area contributed by atoms with Crippen molar-refractivity contribution in [2.75, 3.05) is 26.8 Å². The Morgan fingerprint density at radius 3 is 2.84 bits per heavy atom. The van der Waals surface area contributed by atoms with Crippen molar-refractivity contribution in [3.05, 3.63) is 52.8 Å². The summed E-state index contributed by atoms with van der Waals surface area (Å²) < 4.78 is 11.4. The second kappa shape index (κ2) is 13.3. The number of morpholine rings is 1. The molecule has 2 heterocycles. The van der Waals surface area contributed by atoms with Crippen LogP contribution in [0.15, 0.2) is 36.5 Å². The Kier molecular flexibility index (Phi) is 10.1. The first-order valence-corrected chi connectivity index (χ1v) is 14.0. The maximum atomic E-state index is 13.4. The number of pyridine rings is 1. The smallest absolute Gasteiger partial charge is 0.226 e. The highest BCUT2D eigenvalue weighted by Gasteiger charge is 2.39. The van der Waals surface area contributed by atoms with E-state index >= 15 is 0 Å². The van der Waals surface area contributed by atoms with E-state index in [-0.39, 0.29) is 29.9 Å². The number of rotatable bonds is 10. The molecule has 1 aromatic heterocycles. The van der Waals surface area contributed by atoms with Gasteiger partial charge in [-0.2, -0.15) is 0 Å². The van der Waals surface area contributed by atoms with Gasteiger partial charge in [-0.05, 0) is 61.3 Å². The second-order valence-electron chi connectivity index (χ2n) is 10.4. The molecule has 0 bridgehead atoms. The van der Waals surface area contributed by atoms with Gasteiger partial charge in [-0.25, -0.2) is 4.98 Å². The van der Waals surface area contributed by atoms with Gasteiger partial charge in [0.15, 0.2) is 6.29 Å². The average molecular weight is 546 g/mol. The van der Waals surface area contributed by atoms with E-state index in [2.05, 4.69) is 24.0 Å². The van der Waals surface area contributed by atoms with Gasteiger partial charge in [0.05, 0.1) is 18.8 Å². The fourth-order valence-electron chi connectivity index (χ4n) is 5.79. The number of aliphatic hydroxyl groups excluding tert-OH is 2. The molecule has 1 aliphatic heterocycles. The molecule has 2 fully saturated rings. The van der Waals surface area contributed by atoms with E-state index in [1.165, 1.54) is 12.7 Å². The van der Waals surface area contributed by atoms with Crippen molar-refractivity contribution < 1.29 is 24.5 Å². The molecule has 2 unspecified atom stereocenters. The number of hydrogen-bond acceptors (Lipinski definition) is 7. The molecule has 1 aromatic carbocycles. The number of amides is 1. The molecule has 0 spiro atoms. The molecule has 1 aliphatic carbocycles. The number of halogens is 1. The van der Waals surface area contributed by atoms with Crippen LogP contribution >= 0.6 is 11.6 Å². The normalized spacial score (nSPS) is 25.4. The Morgan fingerprint density at radius 1 is 1.32 bits per heavy atom. The molecule has 4 N–H and O–H groups in total. The zero-order valence-corrected chi connectivity index (χ0v) is 23.0. The zero-order valence-electron chi connectivity index (χ0n) is 22.3. The molecule has 2 aromatic rings. The number of aryl methyl sites for hydroxylation is 1. The van der Waals surface area contributed by atoms with Gasteiger partial charge in [-0.1, -0.05) is 42.8 Å². The molecule has 38 heavy (non-hydrogen) atoms. The summed E-state index contributed by atoms with van der Waals surface area (Å²) >= 11 is 6.73. The van der Waals surface area contributed by atoms with Crippen LogP contribution in [-0.4, -0.2) is 77.4 Å². The van der Waals surface area contributed by atoms with E-state index in [4.69, 9.17) is 26.8 Å². The molecule has 0 radical (unpaired) electrons. The summed E-state index contributed by atoms with van der Waals surface area (Å²) in [4.78, 5) is 19.6. The summed E-state index contributed by atoms with van der Waals surface area (Å²) in [5, 5.41) is 20.5. The molecule has 2 aliphatic rings. The number of hydrogen-bond donors (Lipinski definition) is 3. The van der Waals surface area contributed by atoms with Crippen molar-refractivity contribution >= 4 is 17.5 Å². The minimum absolute atomic E-state index is 0.0301. The van der Waals surface area contributed by atoms with Gasteiger partial charge >= 0.3 is 0 Å². The number of carbonyl (C=O) groups excluding carboxylic acids is 1. The van der Waals surface area contributed by atoms with Gasteiger partial charge in [0.2, 0.25) is 5.91 Å². The summed E-state index contributed by atoms with van der Waals surface area (Å²) in [5.74, 6) is -0.328. The number of benzene rings is 1. The molecule has 6 atom stereocenters. The molecule has 1 saturated carbocycles. The summed E-state index contributed by atoms with van der Waals surface area (Å²) in [6.07, 6.45) is 3.68. The highest BCUT2D eigenvalue weighted by molar-refractivity contribution is 6.32. The average Bonchev–Trinajstić information content (AvgIpc) is 3.28. The van der Waals surface area contributed by atoms with Crippen LogP contribution in [0.3, 0.4) is 0 Å². The van der Waals surface area contributed by atoms with Crippen molar-refractivity contribution in [1.82, 2.24) is 9.88 Å². The topological polar surface area (TPSA) is 118 Å². The van der Waals surface area contributed by atoms with Crippen molar-refractivity contribution in [2.24, 2.45) is 11.7 Å². The highest BCUT2D eigenvalue weighted by atomic mass is 35.5. The van der Waals surface area contributed by atoms with Crippen LogP contribution in [0.25, 0.3) is 11.1 Å². The Hall–Kier alpha value is -2.07. The monoisotopic (exact) mass is 545 g/mol. The lowest BCUT2D eigenvalue weighted by molar-refractivity contribution is -0.144. The third-order valence-corrected chi connectivity index (χ3v) is 8.27. The van der Waals surface area contributed by atoms with E-state index in [0.29, 0.717) is 57.0 Å². The largest absolute Gasteiger partial charge is 0.391 e. The summed E-state index contributed by atoms with van der Waals surface area (Å²) in [6, 6.07) is 9.95. The first kappa shape index (κ1) is 28.9. The zero-order chi connectivity index (χ0) is 27.2. The van der Waals surface area contributed by atoms with Gasteiger partial charge in [0.25, 0.3) is 0 Å². The third-order valence-electron chi connectivity index (χ3n) is 7.98. The number of aromatic nitrogens is 1. The lowest BCUT2D eigenvalue weighted by Gasteiger charge is -2.39. The van der Waals surface area contributed by atoms with Gasteiger partial charge < -0.3 is 30.3 Å². The molecule has 1 amide bonds. The summed E-state index contributed by atoms with van der Waals surface area (Å²) in [6.45, 7) is 3.49. The van der Waals surface area contributed by atoms with Crippen LogP contribution in [0.5, 0.6) is 0 Å². The second-order valence-corrected chi connectivity index (χ2v) is 10.8. The first-order valence-electron chi connectivity index (χ1n) is 13.6. The minimum atomic E-state index is -0.833. The van der Waals surface area contributed by atoms with Gasteiger partial charge in [0, 0.05) is 49.8 Å². The third kappa shape index (κ3) is 6.73. The highest BCUT2D eigenvalue weighted by Crippen LogP contribution is 2.40. The number of methoxy groups -OCH3 is 1. The Bertz CT molecular complexity index is 1080. The molecule has 208 valence electrons. The van der Waals surface area contributed by atoms with Crippen molar-refractivity contribution in [3.63, 3.8) is 0 Å². The molecular formula is C29H40ClN3O5. The molecule has 1 saturated heterocycles. The predicted octanol–water partition coefficient (Wildman–Crippen LogP) is 3.51. The Labute approximate surface area is 230 Å². The van der Waals surface area contributed by atoms with E-state index in [1.807, 2.05) is 23.1 Å². The van der Waals surface area contributed by atoms with Crippen LogP contribution in [0, 0.1) is 5.92 Å². The van der Waals surface area contributed by atoms with E-state index < -0.39 is 12.4 Å². The minimum Gasteiger partial charge on any atom is -0.391 e. The fraction of sp³-hybridized carbons (Fsp3) is 0.586. The van der Waals surface area contributed by atoms with E-state index in [9.17, 15) is 15.0 Å². The molecular weight excluding hydrogens is 506 g/mol. The van der Waals surface area contributed by atoms with E-state index in [1.54, 1.807) is 6.20 Å².